The van der Waals surface area contributed by atoms with E-state index in [2.05, 4.69) is 9.97 Å². The predicted molar refractivity (Wildman–Crippen MR) is 63.8 cm³/mol. The molecule has 0 unspecified atom stereocenters. The number of carbonyl (C=O) groups excluding carboxylic acids is 1. The second-order valence-corrected chi connectivity index (χ2v) is 3.82. The van der Waals surface area contributed by atoms with Crippen LogP contribution in [0.25, 0.3) is 11.0 Å². The van der Waals surface area contributed by atoms with E-state index in [1.165, 1.54) is 6.33 Å². The number of esters is 1. The van der Waals surface area contributed by atoms with Crippen molar-refractivity contribution in [2.45, 2.75) is 19.9 Å². The van der Waals surface area contributed by atoms with Crippen molar-refractivity contribution in [3.8, 4) is 0 Å². The second-order valence-electron chi connectivity index (χ2n) is 3.47. The zero-order valence-electron chi connectivity index (χ0n) is 9.39. The van der Waals surface area contributed by atoms with Gasteiger partial charge in [-0.3, -0.25) is 4.79 Å². The SMILES string of the molecule is CCOC(=O)CCn1ccc2c(Cl)ncnc21. The van der Waals surface area contributed by atoms with E-state index >= 15 is 0 Å². The molecule has 2 aromatic rings. The summed E-state index contributed by atoms with van der Waals surface area (Å²) >= 11 is 5.93. The number of halogens is 1. The highest BCUT2D eigenvalue weighted by Gasteiger charge is 2.08. The van der Waals surface area contributed by atoms with Gasteiger partial charge in [-0.25, -0.2) is 9.97 Å². The third kappa shape index (κ3) is 2.55. The number of fused-ring (bicyclic) bond motifs is 1. The lowest BCUT2D eigenvalue weighted by Crippen LogP contribution is -2.08. The summed E-state index contributed by atoms with van der Waals surface area (Å²) in [6, 6.07) is 1.84. The van der Waals surface area contributed by atoms with E-state index in [1.54, 1.807) is 6.92 Å². The van der Waals surface area contributed by atoms with Crippen molar-refractivity contribution in [3.63, 3.8) is 0 Å². The first-order valence-electron chi connectivity index (χ1n) is 5.33. The van der Waals surface area contributed by atoms with Crippen molar-refractivity contribution in [2.24, 2.45) is 0 Å². The molecule has 0 bridgehead atoms. The lowest BCUT2D eigenvalue weighted by Gasteiger charge is -2.04. The van der Waals surface area contributed by atoms with Crippen molar-refractivity contribution in [2.75, 3.05) is 6.61 Å². The Morgan fingerprint density at radius 3 is 3.12 bits per heavy atom. The summed E-state index contributed by atoms with van der Waals surface area (Å²) in [6.07, 6.45) is 3.56. The van der Waals surface area contributed by atoms with Gasteiger partial charge >= 0.3 is 5.97 Å². The van der Waals surface area contributed by atoms with Crippen LogP contribution in [0.15, 0.2) is 18.6 Å². The molecule has 0 aromatic carbocycles. The first-order valence-corrected chi connectivity index (χ1v) is 5.71. The Labute approximate surface area is 103 Å². The van der Waals surface area contributed by atoms with Crippen LogP contribution in [0, 0.1) is 0 Å². The van der Waals surface area contributed by atoms with Gasteiger partial charge in [-0.2, -0.15) is 0 Å². The Balaban J connectivity index is 2.14. The predicted octanol–water partition coefficient (Wildman–Crippen LogP) is 2.04. The molecule has 90 valence electrons. The number of rotatable bonds is 4. The van der Waals surface area contributed by atoms with Crippen molar-refractivity contribution in [3.05, 3.63) is 23.7 Å². The maximum Gasteiger partial charge on any atom is 0.307 e. The molecule has 2 rings (SSSR count). The molecule has 5 nitrogen and oxygen atoms in total. The van der Waals surface area contributed by atoms with Crippen LogP contribution in [0.2, 0.25) is 5.15 Å². The summed E-state index contributed by atoms with van der Waals surface area (Å²) in [5.74, 6) is -0.213. The highest BCUT2D eigenvalue weighted by atomic mass is 35.5. The maximum absolute atomic E-state index is 11.2. The first-order chi connectivity index (χ1) is 8.22. The summed E-state index contributed by atoms with van der Waals surface area (Å²) in [4.78, 5) is 19.3. The highest BCUT2D eigenvalue weighted by Crippen LogP contribution is 2.20. The van der Waals surface area contributed by atoms with E-state index in [1.807, 2.05) is 16.8 Å². The standard InChI is InChI=1S/C11H12ClN3O2/c1-2-17-9(16)4-6-15-5-3-8-10(12)13-7-14-11(8)15/h3,5,7H,2,4,6H2,1H3. The van der Waals surface area contributed by atoms with Gasteiger partial charge in [-0.15, -0.1) is 0 Å². The minimum Gasteiger partial charge on any atom is -0.466 e. The lowest BCUT2D eigenvalue weighted by atomic mass is 10.4. The number of hydrogen-bond acceptors (Lipinski definition) is 4. The fourth-order valence-corrected chi connectivity index (χ4v) is 1.79. The summed E-state index contributed by atoms with van der Waals surface area (Å²) in [5, 5.41) is 1.21. The molecule has 6 heteroatoms. The van der Waals surface area contributed by atoms with Crippen LogP contribution < -0.4 is 0 Å². The molecule has 0 N–H and O–H groups in total. The third-order valence-corrected chi connectivity index (χ3v) is 2.67. The van der Waals surface area contributed by atoms with Crippen LogP contribution in [0.3, 0.4) is 0 Å². The fraction of sp³-hybridized carbons (Fsp3) is 0.364. The van der Waals surface area contributed by atoms with Crippen molar-refractivity contribution in [1.82, 2.24) is 14.5 Å². The zero-order chi connectivity index (χ0) is 12.3. The van der Waals surface area contributed by atoms with Gasteiger partial charge in [-0.1, -0.05) is 11.6 Å². The van der Waals surface area contributed by atoms with Gasteiger partial charge in [-0.05, 0) is 13.0 Å². The molecule has 0 spiro atoms. The number of carbonyl (C=O) groups is 1. The fourth-order valence-electron chi connectivity index (χ4n) is 1.60. The van der Waals surface area contributed by atoms with Gasteiger partial charge in [0.15, 0.2) is 0 Å². The van der Waals surface area contributed by atoms with Crippen LogP contribution in [0.5, 0.6) is 0 Å². The summed E-state index contributed by atoms with van der Waals surface area (Å²) < 4.78 is 6.73. The van der Waals surface area contributed by atoms with E-state index in [-0.39, 0.29) is 5.97 Å². The Morgan fingerprint density at radius 1 is 1.53 bits per heavy atom. The van der Waals surface area contributed by atoms with Gasteiger partial charge in [0.25, 0.3) is 0 Å². The smallest absolute Gasteiger partial charge is 0.307 e. The molecule has 0 saturated carbocycles. The molecule has 0 radical (unpaired) electrons. The molecule has 2 heterocycles. The van der Waals surface area contributed by atoms with Gasteiger partial charge in [0, 0.05) is 12.7 Å². The van der Waals surface area contributed by atoms with Gasteiger partial charge in [0.05, 0.1) is 18.4 Å². The van der Waals surface area contributed by atoms with Gasteiger partial charge < -0.3 is 9.30 Å². The Bertz CT molecular complexity index is 538. The van der Waals surface area contributed by atoms with Crippen LogP contribution in [-0.4, -0.2) is 27.1 Å². The van der Waals surface area contributed by atoms with Crippen LogP contribution in [0.1, 0.15) is 13.3 Å². The third-order valence-electron chi connectivity index (χ3n) is 2.37. The average Bonchev–Trinajstić information content (AvgIpc) is 2.72. The van der Waals surface area contributed by atoms with Crippen molar-refractivity contribution in [1.29, 1.82) is 0 Å². The van der Waals surface area contributed by atoms with Crippen LogP contribution >= 0.6 is 11.6 Å². The van der Waals surface area contributed by atoms with Crippen LogP contribution in [-0.2, 0) is 16.1 Å². The second kappa shape index (κ2) is 5.14. The summed E-state index contributed by atoms with van der Waals surface area (Å²) in [6.45, 7) is 2.71. The molecule has 0 aliphatic heterocycles. The summed E-state index contributed by atoms with van der Waals surface area (Å²) in [5.41, 5.74) is 0.731. The first kappa shape index (κ1) is 11.9. The molecular formula is C11H12ClN3O2. The highest BCUT2D eigenvalue weighted by molar-refractivity contribution is 6.33. The topological polar surface area (TPSA) is 57.0 Å². The van der Waals surface area contributed by atoms with E-state index in [4.69, 9.17) is 16.3 Å². The van der Waals surface area contributed by atoms with E-state index in [9.17, 15) is 4.79 Å². The molecule has 0 fully saturated rings. The summed E-state index contributed by atoms with van der Waals surface area (Å²) in [7, 11) is 0. The molecular weight excluding hydrogens is 242 g/mol. The minimum atomic E-state index is -0.213. The Kier molecular flexibility index (Phi) is 3.58. The molecule has 0 aliphatic rings. The largest absolute Gasteiger partial charge is 0.466 e. The molecule has 17 heavy (non-hydrogen) atoms. The lowest BCUT2D eigenvalue weighted by molar-refractivity contribution is -0.143. The number of aryl methyl sites for hydroxylation is 1. The van der Waals surface area contributed by atoms with Crippen molar-refractivity contribution >= 4 is 28.6 Å². The zero-order valence-corrected chi connectivity index (χ0v) is 10.1. The monoisotopic (exact) mass is 253 g/mol. The Morgan fingerprint density at radius 2 is 2.35 bits per heavy atom. The molecule has 0 atom stereocenters. The number of aromatic nitrogens is 3. The Hall–Kier alpha value is -1.62. The molecule has 2 aromatic heterocycles. The number of nitrogens with zero attached hydrogens (tertiary/aromatic N) is 3. The normalized spacial score (nSPS) is 10.7. The van der Waals surface area contributed by atoms with E-state index in [0.717, 1.165) is 11.0 Å². The molecule has 0 aliphatic carbocycles. The average molecular weight is 254 g/mol. The minimum absolute atomic E-state index is 0.213. The van der Waals surface area contributed by atoms with Crippen LogP contribution in [0.4, 0.5) is 0 Å². The number of hydrogen-bond donors (Lipinski definition) is 0. The number of ether oxygens (including phenoxy) is 1. The van der Waals surface area contributed by atoms with E-state index in [0.29, 0.717) is 24.7 Å². The molecule has 0 amide bonds. The van der Waals surface area contributed by atoms with Gasteiger partial charge in [0.1, 0.15) is 17.1 Å². The maximum atomic E-state index is 11.2. The van der Waals surface area contributed by atoms with Crippen molar-refractivity contribution < 1.29 is 9.53 Å². The quantitative estimate of drug-likeness (QED) is 0.618. The molecule has 0 saturated heterocycles. The van der Waals surface area contributed by atoms with E-state index < -0.39 is 0 Å². The van der Waals surface area contributed by atoms with Gasteiger partial charge in [0.2, 0.25) is 0 Å².